The smallest absolute Gasteiger partial charge is 0.136 e. The van der Waals surface area contributed by atoms with Crippen LogP contribution in [0.2, 0.25) is 0 Å². The second-order valence-corrected chi connectivity index (χ2v) is 6.68. The van der Waals surface area contributed by atoms with E-state index in [-0.39, 0.29) is 0 Å². The first kappa shape index (κ1) is 15.2. The van der Waals surface area contributed by atoms with Crippen molar-refractivity contribution in [2.75, 3.05) is 6.54 Å². The molecular weight excluding hydrogens is 322 g/mol. The molecular formula is C21H19N5. The first-order valence-corrected chi connectivity index (χ1v) is 8.89. The fourth-order valence-corrected chi connectivity index (χ4v) is 3.67. The number of pyridine rings is 3. The minimum absolute atomic E-state index is 0.900. The van der Waals surface area contributed by atoms with Crippen LogP contribution in [0.4, 0.5) is 0 Å². The van der Waals surface area contributed by atoms with Crippen molar-refractivity contribution >= 4 is 5.65 Å². The van der Waals surface area contributed by atoms with Gasteiger partial charge in [0.25, 0.3) is 0 Å². The van der Waals surface area contributed by atoms with Crippen LogP contribution in [0.3, 0.4) is 0 Å². The van der Waals surface area contributed by atoms with Crippen molar-refractivity contribution in [3.05, 3.63) is 84.3 Å². The summed E-state index contributed by atoms with van der Waals surface area (Å²) in [5.74, 6) is 0. The highest BCUT2D eigenvalue weighted by atomic mass is 15.2. The van der Waals surface area contributed by atoms with Gasteiger partial charge in [-0.3, -0.25) is 14.9 Å². The summed E-state index contributed by atoms with van der Waals surface area (Å²) < 4.78 is 2.08. The highest BCUT2D eigenvalue weighted by molar-refractivity contribution is 5.67. The number of fused-ring (bicyclic) bond motifs is 2. The largest absolute Gasteiger partial charge is 0.307 e. The van der Waals surface area contributed by atoms with Gasteiger partial charge in [0.2, 0.25) is 0 Å². The standard InChI is InChI=1S/C21H19N5/c1-2-10-26-13-17(24-21(26)5-1)7-11-25-14-19-18(6-9-23-20(19)15-25)16-4-3-8-22-12-16/h1-6,8-10,12-13H,7,11,14-15H2. The molecule has 0 spiro atoms. The molecule has 0 radical (unpaired) electrons. The summed E-state index contributed by atoms with van der Waals surface area (Å²) in [6.07, 6.45) is 10.8. The Labute approximate surface area is 152 Å². The van der Waals surface area contributed by atoms with E-state index in [1.54, 1.807) is 0 Å². The van der Waals surface area contributed by atoms with Gasteiger partial charge in [-0.1, -0.05) is 12.1 Å². The molecule has 5 rings (SSSR count). The molecule has 0 fully saturated rings. The number of nitrogens with zero attached hydrogens (tertiary/aromatic N) is 5. The van der Waals surface area contributed by atoms with Gasteiger partial charge in [0.05, 0.1) is 11.4 Å². The fourth-order valence-electron chi connectivity index (χ4n) is 3.67. The average molecular weight is 341 g/mol. The molecule has 0 aromatic carbocycles. The van der Waals surface area contributed by atoms with Crippen LogP contribution in [0.1, 0.15) is 17.0 Å². The molecule has 5 heteroatoms. The monoisotopic (exact) mass is 341 g/mol. The van der Waals surface area contributed by atoms with E-state index in [1.165, 1.54) is 16.8 Å². The first-order valence-electron chi connectivity index (χ1n) is 8.89. The summed E-state index contributed by atoms with van der Waals surface area (Å²) in [4.78, 5) is 16.0. The summed E-state index contributed by atoms with van der Waals surface area (Å²) >= 11 is 0. The molecule has 0 amide bonds. The molecule has 0 N–H and O–H groups in total. The van der Waals surface area contributed by atoms with Crippen LogP contribution in [0.5, 0.6) is 0 Å². The molecule has 0 saturated heterocycles. The van der Waals surface area contributed by atoms with Gasteiger partial charge in [-0.2, -0.15) is 0 Å². The predicted molar refractivity (Wildman–Crippen MR) is 100 cm³/mol. The molecule has 0 saturated carbocycles. The van der Waals surface area contributed by atoms with E-state index in [9.17, 15) is 0 Å². The lowest BCUT2D eigenvalue weighted by molar-refractivity contribution is 0.286. The Morgan fingerprint density at radius 3 is 2.88 bits per heavy atom. The molecule has 0 bridgehead atoms. The van der Waals surface area contributed by atoms with E-state index < -0.39 is 0 Å². The minimum Gasteiger partial charge on any atom is -0.307 e. The summed E-state index contributed by atoms with van der Waals surface area (Å²) in [6, 6.07) is 12.3. The lowest BCUT2D eigenvalue weighted by Crippen LogP contribution is -2.19. The predicted octanol–water partition coefficient (Wildman–Crippen LogP) is 3.35. The van der Waals surface area contributed by atoms with Crippen LogP contribution in [0.15, 0.2) is 67.4 Å². The maximum atomic E-state index is 4.70. The van der Waals surface area contributed by atoms with E-state index in [1.807, 2.05) is 49.1 Å². The summed E-state index contributed by atoms with van der Waals surface area (Å²) in [5, 5.41) is 0. The molecule has 5 heterocycles. The quantitative estimate of drug-likeness (QED) is 0.571. The molecule has 0 unspecified atom stereocenters. The lowest BCUT2D eigenvalue weighted by atomic mass is 10.0. The number of rotatable bonds is 4. The van der Waals surface area contributed by atoms with Crippen molar-refractivity contribution in [3.63, 3.8) is 0 Å². The number of hydrogen-bond donors (Lipinski definition) is 0. The molecule has 1 aliphatic rings. The first-order chi connectivity index (χ1) is 12.9. The maximum Gasteiger partial charge on any atom is 0.136 e. The van der Waals surface area contributed by atoms with Crippen molar-refractivity contribution < 1.29 is 0 Å². The molecule has 128 valence electrons. The molecule has 1 aliphatic heterocycles. The van der Waals surface area contributed by atoms with Gasteiger partial charge >= 0.3 is 0 Å². The summed E-state index contributed by atoms with van der Waals surface area (Å²) in [7, 11) is 0. The Hall–Kier alpha value is -3.05. The normalized spacial score (nSPS) is 14.0. The molecule has 0 atom stereocenters. The van der Waals surface area contributed by atoms with Crippen molar-refractivity contribution in [3.8, 4) is 11.1 Å². The third kappa shape index (κ3) is 2.76. The highest BCUT2D eigenvalue weighted by Gasteiger charge is 2.23. The zero-order valence-electron chi connectivity index (χ0n) is 14.4. The van der Waals surface area contributed by atoms with Crippen LogP contribution in [-0.2, 0) is 19.5 Å². The second-order valence-electron chi connectivity index (χ2n) is 6.68. The molecule has 5 nitrogen and oxygen atoms in total. The Morgan fingerprint density at radius 2 is 2.00 bits per heavy atom. The van der Waals surface area contributed by atoms with Crippen LogP contribution < -0.4 is 0 Å². The van der Waals surface area contributed by atoms with Gasteiger partial charge in [-0.15, -0.1) is 0 Å². The minimum atomic E-state index is 0.900. The van der Waals surface area contributed by atoms with E-state index in [0.29, 0.717) is 0 Å². The number of imidazole rings is 1. The van der Waals surface area contributed by atoms with E-state index in [2.05, 4.69) is 37.6 Å². The molecule has 4 aromatic rings. The fraction of sp³-hybridized carbons (Fsp3) is 0.190. The molecule has 26 heavy (non-hydrogen) atoms. The summed E-state index contributed by atoms with van der Waals surface area (Å²) in [6.45, 7) is 2.81. The second kappa shape index (κ2) is 6.35. The Bertz CT molecular complexity index is 1020. The highest BCUT2D eigenvalue weighted by Crippen LogP contribution is 2.30. The SMILES string of the molecule is c1cncc(-c2ccnc3c2CN(CCc2cn4ccccc4n2)C3)c1. The Balaban J connectivity index is 1.33. The van der Waals surface area contributed by atoms with E-state index in [4.69, 9.17) is 4.98 Å². The summed E-state index contributed by atoms with van der Waals surface area (Å²) in [5.41, 5.74) is 7.06. The maximum absolute atomic E-state index is 4.70. The van der Waals surface area contributed by atoms with Crippen molar-refractivity contribution in [2.24, 2.45) is 0 Å². The van der Waals surface area contributed by atoms with E-state index >= 15 is 0 Å². The number of hydrogen-bond acceptors (Lipinski definition) is 4. The third-order valence-electron chi connectivity index (χ3n) is 4.97. The average Bonchev–Trinajstić information content (AvgIpc) is 3.30. The molecule has 4 aromatic heterocycles. The van der Waals surface area contributed by atoms with Crippen LogP contribution in [-0.4, -0.2) is 30.8 Å². The zero-order valence-corrected chi connectivity index (χ0v) is 14.4. The van der Waals surface area contributed by atoms with E-state index in [0.717, 1.165) is 43.0 Å². The lowest BCUT2D eigenvalue weighted by Gasteiger charge is -2.13. The van der Waals surface area contributed by atoms with Gasteiger partial charge in [0.15, 0.2) is 0 Å². The van der Waals surface area contributed by atoms with Crippen molar-refractivity contribution in [1.82, 2.24) is 24.3 Å². The van der Waals surface area contributed by atoms with Gasteiger partial charge in [0, 0.05) is 62.6 Å². The van der Waals surface area contributed by atoms with Gasteiger partial charge in [0.1, 0.15) is 5.65 Å². The van der Waals surface area contributed by atoms with Crippen LogP contribution in [0, 0.1) is 0 Å². The zero-order chi connectivity index (χ0) is 17.3. The third-order valence-corrected chi connectivity index (χ3v) is 4.97. The molecule has 0 aliphatic carbocycles. The topological polar surface area (TPSA) is 46.3 Å². The van der Waals surface area contributed by atoms with Crippen LogP contribution in [0.25, 0.3) is 16.8 Å². The Kier molecular flexibility index (Phi) is 3.72. The van der Waals surface area contributed by atoms with Gasteiger partial charge < -0.3 is 4.40 Å². The van der Waals surface area contributed by atoms with Crippen molar-refractivity contribution in [1.29, 1.82) is 0 Å². The van der Waals surface area contributed by atoms with Crippen molar-refractivity contribution in [2.45, 2.75) is 19.5 Å². The number of aromatic nitrogens is 4. The Morgan fingerprint density at radius 1 is 1.00 bits per heavy atom. The van der Waals surface area contributed by atoms with Crippen LogP contribution >= 0.6 is 0 Å². The van der Waals surface area contributed by atoms with Gasteiger partial charge in [-0.05, 0) is 35.4 Å². The van der Waals surface area contributed by atoms with Gasteiger partial charge in [-0.25, -0.2) is 4.98 Å².